The molecule has 0 aromatic heterocycles. The molecule has 1 saturated heterocycles. The van der Waals surface area contributed by atoms with E-state index in [2.05, 4.69) is 64.7 Å². The van der Waals surface area contributed by atoms with E-state index in [4.69, 9.17) is 9.47 Å². The maximum absolute atomic E-state index is 5.82. The van der Waals surface area contributed by atoms with Gasteiger partial charge in [-0.25, -0.2) is 0 Å². The van der Waals surface area contributed by atoms with Crippen molar-refractivity contribution in [3.63, 3.8) is 0 Å². The van der Waals surface area contributed by atoms with Crippen molar-refractivity contribution in [2.45, 2.75) is 45.7 Å². The summed E-state index contributed by atoms with van der Waals surface area (Å²) in [6.07, 6.45) is 0.599. The van der Waals surface area contributed by atoms with Gasteiger partial charge in [-0.2, -0.15) is 0 Å². The topological polar surface area (TPSA) is 58.1 Å². The summed E-state index contributed by atoms with van der Waals surface area (Å²) in [6, 6.07) is 16.8. The molecular weight excluding hydrogens is 376 g/mol. The van der Waals surface area contributed by atoms with Gasteiger partial charge in [0.25, 0.3) is 0 Å². The minimum Gasteiger partial charge on any atom is -0.497 e. The molecule has 1 fully saturated rings. The molecule has 30 heavy (non-hydrogen) atoms. The van der Waals surface area contributed by atoms with Crippen molar-refractivity contribution in [1.82, 2.24) is 15.5 Å². The Morgan fingerprint density at radius 1 is 1.00 bits per heavy atom. The van der Waals surface area contributed by atoms with Gasteiger partial charge in [-0.15, -0.1) is 0 Å². The molecule has 2 unspecified atom stereocenters. The maximum atomic E-state index is 5.82. The number of guanidine groups is 1. The lowest BCUT2D eigenvalue weighted by Crippen LogP contribution is -2.44. The average Bonchev–Trinajstić information content (AvgIpc) is 2.74. The molecule has 1 aliphatic rings. The Kier molecular flexibility index (Phi) is 8.11. The Morgan fingerprint density at radius 3 is 2.27 bits per heavy atom. The summed E-state index contributed by atoms with van der Waals surface area (Å²) in [5.41, 5.74) is 3.71. The second-order valence-electron chi connectivity index (χ2n) is 7.90. The molecule has 2 aromatic rings. The predicted octanol–water partition coefficient (Wildman–Crippen LogP) is 3.17. The van der Waals surface area contributed by atoms with E-state index in [9.17, 15) is 0 Å². The molecule has 0 spiro atoms. The van der Waals surface area contributed by atoms with Gasteiger partial charge in [0.05, 0.1) is 19.3 Å². The predicted molar refractivity (Wildman–Crippen MR) is 122 cm³/mol. The molecule has 6 nitrogen and oxygen atoms in total. The van der Waals surface area contributed by atoms with Crippen LogP contribution in [-0.4, -0.2) is 50.3 Å². The Hall–Kier alpha value is -2.57. The number of nitrogens with zero attached hydrogens (tertiary/aromatic N) is 2. The largest absolute Gasteiger partial charge is 0.497 e. The fourth-order valence-electron chi connectivity index (χ4n) is 3.81. The van der Waals surface area contributed by atoms with E-state index in [1.807, 2.05) is 18.2 Å². The monoisotopic (exact) mass is 410 g/mol. The molecule has 0 aliphatic carbocycles. The lowest BCUT2D eigenvalue weighted by atomic mass is 10.1. The summed E-state index contributed by atoms with van der Waals surface area (Å²) in [7, 11) is 3.47. The molecule has 162 valence electrons. The number of hydrogen-bond donors (Lipinski definition) is 2. The first-order chi connectivity index (χ1) is 14.6. The number of rotatable bonds is 7. The third-order valence-corrected chi connectivity index (χ3v) is 5.20. The van der Waals surface area contributed by atoms with Gasteiger partial charge in [0.15, 0.2) is 5.96 Å². The smallest absolute Gasteiger partial charge is 0.191 e. The van der Waals surface area contributed by atoms with E-state index >= 15 is 0 Å². The number of hydrogen-bond acceptors (Lipinski definition) is 4. The van der Waals surface area contributed by atoms with Gasteiger partial charge in [-0.3, -0.25) is 9.89 Å². The van der Waals surface area contributed by atoms with Crippen LogP contribution in [0.25, 0.3) is 0 Å². The molecule has 0 amide bonds. The molecule has 2 N–H and O–H groups in total. The quantitative estimate of drug-likeness (QED) is 0.542. The summed E-state index contributed by atoms with van der Waals surface area (Å²) < 4.78 is 11.1. The van der Waals surface area contributed by atoms with E-state index in [0.29, 0.717) is 18.8 Å². The number of ether oxygens (including phenoxy) is 2. The van der Waals surface area contributed by atoms with Crippen molar-refractivity contribution in [1.29, 1.82) is 0 Å². The van der Waals surface area contributed by atoms with Gasteiger partial charge >= 0.3 is 0 Å². The number of methoxy groups -OCH3 is 1. The van der Waals surface area contributed by atoms with Crippen LogP contribution in [-0.2, 0) is 24.4 Å². The van der Waals surface area contributed by atoms with Crippen LogP contribution < -0.4 is 15.4 Å². The zero-order chi connectivity index (χ0) is 21.3. The fraction of sp³-hybridized carbons (Fsp3) is 0.458. The molecule has 0 saturated carbocycles. The summed E-state index contributed by atoms with van der Waals surface area (Å²) in [5.74, 6) is 1.64. The summed E-state index contributed by atoms with van der Waals surface area (Å²) in [4.78, 5) is 6.78. The van der Waals surface area contributed by atoms with Crippen molar-refractivity contribution >= 4 is 5.96 Å². The lowest BCUT2D eigenvalue weighted by molar-refractivity contribution is -0.0704. The highest BCUT2D eigenvalue weighted by Gasteiger charge is 2.21. The minimum absolute atomic E-state index is 0.299. The molecule has 2 atom stereocenters. The van der Waals surface area contributed by atoms with Crippen LogP contribution in [0.4, 0.5) is 0 Å². The van der Waals surface area contributed by atoms with Crippen LogP contribution in [0.2, 0.25) is 0 Å². The number of nitrogens with one attached hydrogen (secondary N) is 2. The summed E-state index contributed by atoms with van der Waals surface area (Å²) in [6.45, 7) is 8.65. The highest BCUT2D eigenvalue weighted by molar-refractivity contribution is 5.79. The van der Waals surface area contributed by atoms with Gasteiger partial charge in [-0.05, 0) is 42.7 Å². The van der Waals surface area contributed by atoms with Gasteiger partial charge in [0, 0.05) is 39.8 Å². The molecule has 6 heteroatoms. The third-order valence-electron chi connectivity index (χ3n) is 5.20. The first-order valence-electron chi connectivity index (χ1n) is 10.6. The van der Waals surface area contributed by atoms with Gasteiger partial charge in [0.2, 0.25) is 0 Å². The van der Waals surface area contributed by atoms with Crippen LogP contribution in [0.5, 0.6) is 5.75 Å². The summed E-state index contributed by atoms with van der Waals surface area (Å²) >= 11 is 0. The van der Waals surface area contributed by atoms with Gasteiger partial charge < -0.3 is 20.1 Å². The lowest BCUT2D eigenvalue weighted by Gasteiger charge is -2.35. The number of morpholine rings is 1. The Morgan fingerprint density at radius 2 is 1.63 bits per heavy atom. The highest BCUT2D eigenvalue weighted by Crippen LogP contribution is 2.15. The standard InChI is InChI=1S/C24H34N4O2/c1-18-15-28(16-19(2)30-18)17-21-10-8-20(9-11-21)13-26-24(25-3)27-14-22-6-5-7-23(12-22)29-4/h5-12,18-19H,13-17H2,1-4H3,(H2,25,26,27). The van der Waals surface area contributed by atoms with E-state index in [1.165, 1.54) is 11.1 Å². The maximum Gasteiger partial charge on any atom is 0.191 e. The average molecular weight is 411 g/mol. The van der Waals surface area contributed by atoms with Crippen LogP contribution in [0.15, 0.2) is 53.5 Å². The zero-order valence-electron chi connectivity index (χ0n) is 18.5. The highest BCUT2D eigenvalue weighted by atomic mass is 16.5. The fourth-order valence-corrected chi connectivity index (χ4v) is 3.81. The van der Waals surface area contributed by atoms with Crippen LogP contribution >= 0.6 is 0 Å². The van der Waals surface area contributed by atoms with Crippen molar-refractivity contribution in [3.8, 4) is 5.75 Å². The SMILES string of the molecule is CN=C(NCc1ccc(CN2CC(C)OC(C)C2)cc1)NCc1cccc(OC)c1. The first-order valence-corrected chi connectivity index (χ1v) is 10.6. The molecule has 1 aliphatic heterocycles. The Balaban J connectivity index is 1.46. The van der Waals surface area contributed by atoms with Crippen molar-refractivity contribution < 1.29 is 9.47 Å². The normalized spacial score (nSPS) is 20.1. The Bertz CT molecular complexity index is 812. The third kappa shape index (κ3) is 6.75. The Labute approximate surface area is 180 Å². The van der Waals surface area contributed by atoms with Crippen LogP contribution in [0.3, 0.4) is 0 Å². The summed E-state index contributed by atoms with van der Waals surface area (Å²) in [5, 5.41) is 6.72. The first kappa shape index (κ1) is 22.1. The van der Waals surface area contributed by atoms with Crippen LogP contribution in [0.1, 0.15) is 30.5 Å². The number of benzene rings is 2. The van der Waals surface area contributed by atoms with E-state index in [0.717, 1.165) is 43.5 Å². The molecule has 1 heterocycles. The second-order valence-corrected chi connectivity index (χ2v) is 7.90. The number of aliphatic imine (C=N–C) groups is 1. The molecular formula is C24H34N4O2. The molecule has 2 aromatic carbocycles. The molecule has 3 rings (SSSR count). The molecule has 0 bridgehead atoms. The van der Waals surface area contributed by atoms with Crippen molar-refractivity contribution in [2.24, 2.45) is 4.99 Å². The molecule has 0 radical (unpaired) electrons. The minimum atomic E-state index is 0.299. The van der Waals surface area contributed by atoms with Crippen molar-refractivity contribution in [3.05, 3.63) is 65.2 Å². The van der Waals surface area contributed by atoms with E-state index in [1.54, 1.807) is 14.2 Å². The van der Waals surface area contributed by atoms with Gasteiger partial charge in [0.1, 0.15) is 5.75 Å². The zero-order valence-corrected chi connectivity index (χ0v) is 18.5. The van der Waals surface area contributed by atoms with Crippen molar-refractivity contribution in [2.75, 3.05) is 27.2 Å². The van der Waals surface area contributed by atoms with E-state index in [-0.39, 0.29) is 0 Å². The second kappa shape index (κ2) is 11.0. The van der Waals surface area contributed by atoms with Crippen LogP contribution in [0, 0.1) is 0 Å². The van der Waals surface area contributed by atoms with E-state index < -0.39 is 0 Å². The van der Waals surface area contributed by atoms with Gasteiger partial charge in [-0.1, -0.05) is 36.4 Å².